The third-order valence-electron chi connectivity index (χ3n) is 4.81. The number of benzene rings is 1. The van der Waals surface area contributed by atoms with Gasteiger partial charge >= 0.3 is 0 Å². The number of nitrogens with one attached hydrogen (secondary N) is 1. The van der Waals surface area contributed by atoms with Gasteiger partial charge in [0.25, 0.3) is 0 Å². The molecule has 3 fully saturated rings. The molecule has 1 unspecified atom stereocenters. The van der Waals surface area contributed by atoms with Gasteiger partial charge < -0.3 is 5.32 Å². The van der Waals surface area contributed by atoms with Crippen molar-refractivity contribution in [1.29, 1.82) is 0 Å². The van der Waals surface area contributed by atoms with Gasteiger partial charge in [-0.25, -0.2) is 4.98 Å². The van der Waals surface area contributed by atoms with Crippen molar-refractivity contribution in [3.63, 3.8) is 0 Å². The number of anilines is 1. The number of para-hydroxylation sites is 1. The minimum atomic E-state index is 0.625. The normalized spacial score (nSPS) is 28.0. The van der Waals surface area contributed by atoms with E-state index in [1.54, 1.807) is 0 Å². The summed E-state index contributed by atoms with van der Waals surface area (Å²) in [5, 5.41) is 4.80. The van der Waals surface area contributed by atoms with Gasteiger partial charge in [-0.1, -0.05) is 18.2 Å². The van der Waals surface area contributed by atoms with E-state index in [0.29, 0.717) is 6.04 Å². The van der Waals surface area contributed by atoms with Crippen LogP contribution in [0.4, 0.5) is 5.82 Å². The van der Waals surface area contributed by atoms with Crippen LogP contribution in [0.3, 0.4) is 0 Å². The van der Waals surface area contributed by atoms with Crippen LogP contribution in [0.1, 0.15) is 5.56 Å². The van der Waals surface area contributed by atoms with Gasteiger partial charge in [0.1, 0.15) is 5.82 Å². The summed E-state index contributed by atoms with van der Waals surface area (Å²) < 4.78 is 0. The van der Waals surface area contributed by atoms with Crippen molar-refractivity contribution >= 4 is 16.7 Å². The van der Waals surface area contributed by atoms with E-state index in [4.69, 9.17) is 4.98 Å². The molecule has 21 heavy (non-hydrogen) atoms. The number of piperazine rings is 3. The van der Waals surface area contributed by atoms with Gasteiger partial charge in [-0.15, -0.1) is 0 Å². The molecule has 0 aliphatic carbocycles. The van der Waals surface area contributed by atoms with Crippen molar-refractivity contribution in [1.82, 2.24) is 14.8 Å². The number of aromatic nitrogens is 1. The molecule has 1 atom stereocenters. The van der Waals surface area contributed by atoms with Crippen LogP contribution in [0.5, 0.6) is 0 Å². The van der Waals surface area contributed by atoms with Crippen LogP contribution in [0, 0.1) is 6.92 Å². The molecular weight excluding hydrogens is 260 g/mol. The molecule has 0 amide bonds. The van der Waals surface area contributed by atoms with Crippen LogP contribution in [-0.2, 0) is 0 Å². The average molecular weight is 282 g/mol. The van der Waals surface area contributed by atoms with Gasteiger partial charge in [0.05, 0.1) is 5.52 Å². The summed E-state index contributed by atoms with van der Waals surface area (Å²) in [6.07, 6.45) is 0. The molecule has 1 aromatic heterocycles. The highest BCUT2D eigenvalue weighted by Gasteiger charge is 2.31. The zero-order valence-electron chi connectivity index (χ0n) is 12.5. The maximum absolute atomic E-state index is 4.78. The second-order valence-corrected chi connectivity index (χ2v) is 6.22. The van der Waals surface area contributed by atoms with Gasteiger partial charge in [-0.3, -0.25) is 9.80 Å². The summed E-state index contributed by atoms with van der Waals surface area (Å²) in [5.41, 5.74) is 2.30. The van der Waals surface area contributed by atoms with E-state index in [0.717, 1.165) is 17.9 Å². The standard InChI is InChI=1S/C17H22N4/c1-13-10-14-4-2-3-5-16(14)19-17(13)18-11-15-12-20-6-8-21(15)9-7-20/h2-5,10,15H,6-9,11-12H2,1H3,(H,18,19). The van der Waals surface area contributed by atoms with Crippen LogP contribution in [0.2, 0.25) is 0 Å². The lowest BCUT2D eigenvalue weighted by Crippen LogP contribution is -2.62. The highest BCUT2D eigenvalue weighted by Crippen LogP contribution is 2.21. The molecule has 3 aliphatic rings. The molecule has 4 heterocycles. The van der Waals surface area contributed by atoms with E-state index in [1.807, 2.05) is 6.07 Å². The number of aryl methyl sites for hydroxylation is 1. The zero-order chi connectivity index (χ0) is 14.2. The molecular formula is C17H22N4. The minimum Gasteiger partial charge on any atom is -0.368 e. The molecule has 0 spiro atoms. The van der Waals surface area contributed by atoms with Crippen molar-refractivity contribution < 1.29 is 0 Å². The van der Waals surface area contributed by atoms with Crippen LogP contribution in [-0.4, -0.2) is 60.1 Å². The largest absolute Gasteiger partial charge is 0.368 e. The summed E-state index contributed by atoms with van der Waals surface area (Å²) >= 11 is 0. The van der Waals surface area contributed by atoms with Crippen LogP contribution in [0.15, 0.2) is 30.3 Å². The highest BCUT2D eigenvalue weighted by atomic mass is 15.3. The number of hydrogen-bond acceptors (Lipinski definition) is 4. The molecule has 4 heteroatoms. The Hall–Kier alpha value is -1.65. The van der Waals surface area contributed by atoms with E-state index in [1.165, 1.54) is 43.7 Å². The zero-order valence-corrected chi connectivity index (χ0v) is 12.5. The summed E-state index contributed by atoms with van der Waals surface area (Å²) in [4.78, 5) is 9.97. The van der Waals surface area contributed by atoms with Crippen LogP contribution < -0.4 is 5.32 Å². The molecule has 5 rings (SSSR count). The molecule has 4 nitrogen and oxygen atoms in total. The van der Waals surface area contributed by atoms with Crippen molar-refractivity contribution in [3.8, 4) is 0 Å². The molecule has 1 N–H and O–H groups in total. The fourth-order valence-electron chi connectivity index (χ4n) is 3.53. The quantitative estimate of drug-likeness (QED) is 0.932. The van der Waals surface area contributed by atoms with Gasteiger partial charge in [-0.2, -0.15) is 0 Å². The molecule has 3 saturated heterocycles. The predicted molar refractivity (Wildman–Crippen MR) is 86.8 cm³/mol. The summed E-state index contributed by atoms with van der Waals surface area (Å²) in [6, 6.07) is 11.2. The maximum Gasteiger partial charge on any atom is 0.129 e. The Morgan fingerprint density at radius 2 is 2.00 bits per heavy atom. The first kappa shape index (κ1) is 13.0. The van der Waals surface area contributed by atoms with Crippen LogP contribution in [0.25, 0.3) is 10.9 Å². The molecule has 110 valence electrons. The second kappa shape index (κ2) is 5.28. The number of rotatable bonds is 3. The third kappa shape index (κ3) is 2.49. The Balaban J connectivity index is 1.50. The topological polar surface area (TPSA) is 31.4 Å². The smallest absolute Gasteiger partial charge is 0.129 e. The SMILES string of the molecule is Cc1cc2ccccc2nc1NCC1CN2CCN1CC2. The van der Waals surface area contributed by atoms with E-state index < -0.39 is 0 Å². The molecule has 2 bridgehead atoms. The molecule has 2 aromatic rings. The van der Waals surface area contributed by atoms with Gasteiger partial charge in [-0.05, 0) is 24.6 Å². The fraction of sp³-hybridized carbons (Fsp3) is 0.471. The maximum atomic E-state index is 4.78. The summed E-state index contributed by atoms with van der Waals surface area (Å²) in [6.45, 7) is 9.24. The fourth-order valence-corrected chi connectivity index (χ4v) is 3.53. The van der Waals surface area contributed by atoms with E-state index in [9.17, 15) is 0 Å². The summed E-state index contributed by atoms with van der Waals surface area (Å²) in [5.74, 6) is 1.03. The van der Waals surface area contributed by atoms with Crippen molar-refractivity contribution in [2.24, 2.45) is 0 Å². The average Bonchev–Trinajstić information content (AvgIpc) is 2.54. The number of hydrogen-bond donors (Lipinski definition) is 1. The van der Waals surface area contributed by atoms with Crippen molar-refractivity contribution in [3.05, 3.63) is 35.9 Å². The van der Waals surface area contributed by atoms with Crippen LogP contribution >= 0.6 is 0 Å². The second-order valence-electron chi connectivity index (χ2n) is 6.22. The lowest BCUT2D eigenvalue weighted by molar-refractivity contribution is 0.0189. The monoisotopic (exact) mass is 282 g/mol. The lowest BCUT2D eigenvalue weighted by Gasteiger charge is -2.47. The summed E-state index contributed by atoms with van der Waals surface area (Å²) in [7, 11) is 0. The van der Waals surface area contributed by atoms with E-state index in [-0.39, 0.29) is 0 Å². The first-order chi connectivity index (χ1) is 10.3. The Bertz CT molecular complexity index is 646. The van der Waals surface area contributed by atoms with Crippen molar-refractivity contribution in [2.75, 3.05) is 44.6 Å². The Morgan fingerprint density at radius 3 is 2.76 bits per heavy atom. The van der Waals surface area contributed by atoms with E-state index in [2.05, 4.69) is 46.3 Å². The highest BCUT2D eigenvalue weighted by molar-refractivity contribution is 5.81. The molecule has 0 saturated carbocycles. The minimum absolute atomic E-state index is 0.625. The first-order valence-electron chi connectivity index (χ1n) is 7.86. The predicted octanol–water partition coefficient (Wildman–Crippen LogP) is 1.95. The Labute approximate surface area is 125 Å². The Morgan fingerprint density at radius 1 is 1.19 bits per heavy atom. The third-order valence-corrected chi connectivity index (χ3v) is 4.81. The molecule has 3 aliphatic heterocycles. The van der Waals surface area contributed by atoms with E-state index >= 15 is 0 Å². The molecule has 1 aromatic carbocycles. The number of nitrogens with zero attached hydrogens (tertiary/aromatic N) is 3. The number of pyridine rings is 1. The van der Waals surface area contributed by atoms with Crippen molar-refractivity contribution in [2.45, 2.75) is 13.0 Å². The Kier molecular flexibility index (Phi) is 3.28. The first-order valence-corrected chi connectivity index (χ1v) is 7.86. The van der Waals surface area contributed by atoms with Gasteiger partial charge in [0.15, 0.2) is 0 Å². The van der Waals surface area contributed by atoms with Gasteiger partial charge in [0, 0.05) is 50.7 Å². The molecule has 0 radical (unpaired) electrons. The number of fused-ring (bicyclic) bond motifs is 4. The lowest BCUT2D eigenvalue weighted by atomic mass is 10.1. The van der Waals surface area contributed by atoms with Gasteiger partial charge in [0.2, 0.25) is 0 Å².